The fourth-order valence-corrected chi connectivity index (χ4v) is 3.53. The zero-order valence-electron chi connectivity index (χ0n) is 12.1. The predicted molar refractivity (Wildman–Crippen MR) is 88.7 cm³/mol. The van der Waals surface area contributed by atoms with Gasteiger partial charge in [-0.3, -0.25) is 4.79 Å². The first-order valence-electron chi connectivity index (χ1n) is 7.09. The fraction of sp³-hybridized carbons (Fsp3) is 0.0588. The molecule has 0 atom stereocenters. The number of hydrogen-bond acceptors (Lipinski definition) is 4. The van der Waals surface area contributed by atoms with Crippen molar-refractivity contribution in [1.82, 2.24) is 9.38 Å². The third-order valence-electron chi connectivity index (χ3n) is 3.57. The normalized spacial score (nSPS) is 12.5. The monoisotopic (exact) mass is 344 g/mol. The van der Waals surface area contributed by atoms with E-state index in [1.54, 1.807) is 24.3 Å². The van der Waals surface area contributed by atoms with Crippen LogP contribution in [0.2, 0.25) is 0 Å². The lowest BCUT2D eigenvalue weighted by molar-refractivity contribution is -0.0499. The SMILES string of the molecule is O=c1/c(=C/c2ccccc2OC(F)F)sc2nc3ccccc3n12. The smallest absolute Gasteiger partial charge is 0.387 e. The highest BCUT2D eigenvalue weighted by Crippen LogP contribution is 2.21. The van der Waals surface area contributed by atoms with E-state index in [1.807, 2.05) is 24.3 Å². The highest BCUT2D eigenvalue weighted by atomic mass is 32.1. The molecule has 0 saturated carbocycles. The van der Waals surface area contributed by atoms with Crippen molar-refractivity contribution in [2.24, 2.45) is 0 Å². The molecule has 0 fully saturated rings. The van der Waals surface area contributed by atoms with Gasteiger partial charge in [0.25, 0.3) is 5.56 Å². The molecule has 7 heteroatoms. The van der Waals surface area contributed by atoms with E-state index in [0.29, 0.717) is 15.1 Å². The number of alkyl halides is 2. The van der Waals surface area contributed by atoms with Gasteiger partial charge in [0.2, 0.25) is 0 Å². The lowest BCUT2D eigenvalue weighted by Crippen LogP contribution is -2.22. The Morgan fingerprint density at radius 2 is 1.88 bits per heavy atom. The van der Waals surface area contributed by atoms with Crippen LogP contribution in [0.1, 0.15) is 5.56 Å². The average molecular weight is 344 g/mol. The van der Waals surface area contributed by atoms with Crippen molar-refractivity contribution < 1.29 is 13.5 Å². The van der Waals surface area contributed by atoms with E-state index >= 15 is 0 Å². The standard InChI is InChI=1S/C17H10F2N2O2S/c18-16(19)23-13-8-4-1-5-10(13)9-14-15(22)21-12-7-3-2-6-11(12)20-17(21)24-14/h1-9,16H/b14-9-. The lowest BCUT2D eigenvalue weighted by atomic mass is 10.2. The summed E-state index contributed by atoms with van der Waals surface area (Å²) >= 11 is 1.21. The molecule has 0 bridgehead atoms. The Kier molecular flexibility index (Phi) is 3.50. The third kappa shape index (κ3) is 2.43. The minimum Gasteiger partial charge on any atom is -0.434 e. The molecule has 4 rings (SSSR count). The summed E-state index contributed by atoms with van der Waals surface area (Å²) in [4.78, 5) is 17.6. The van der Waals surface area contributed by atoms with Gasteiger partial charge in [0.1, 0.15) is 5.75 Å². The summed E-state index contributed by atoms with van der Waals surface area (Å²) in [5.74, 6) is 0.0304. The molecule has 0 aliphatic heterocycles. The number of hydrogen-bond donors (Lipinski definition) is 0. The molecule has 2 aromatic carbocycles. The summed E-state index contributed by atoms with van der Waals surface area (Å²) in [6, 6.07) is 13.7. The van der Waals surface area contributed by atoms with E-state index in [-0.39, 0.29) is 11.3 Å². The van der Waals surface area contributed by atoms with Crippen molar-refractivity contribution >= 4 is 33.4 Å². The minimum atomic E-state index is -2.92. The second-order valence-corrected chi connectivity index (χ2v) is 6.06. The largest absolute Gasteiger partial charge is 0.434 e. The van der Waals surface area contributed by atoms with E-state index < -0.39 is 6.61 Å². The summed E-state index contributed by atoms with van der Waals surface area (Å²) < 4.78 is 31.4. The van der Waals surface area contributed by atoms with Crippen LogP contribution in [0, 0.1) is 0 Å². The zero-order chi connectivity index (χ0) is 16.7. The zero-order valence-corrected chi connectivity index (χ0v) is 13.0. The van der Waals surface area contributed by atoms with Crippen LogP contribution in [-0.4, -0.2) is 16.0 Å². The number of halogens is 2. The minimum absolute atomic E-state index is 0.0304. The van der Waals surface area contributed by atoms with Gasteiger partial charge in [-0.2, -0.15) is 8.78 Å². The third-order valence-corrected chi connectivity index (χ3v) is 4.54. The Morgan fingerprint density at radius 1 is 1.12 bits per heavy atom. The van der Waals surface area contributed by atoms with Crippen molar-refractivity contribution in [3.63, 3.8) is 0 Å². The molecule has 120 valence electrons. The molecule has 2 aromatic heterocycles. The molecular weight excluding hydrogens is 334 g/mol. The second kappa shape index (κ2) is 5.68. The van der Waals surface area contributed by atoms with Crippen molar-refractivity contribution in [3.8, 4) is 5.75 Å². The molecule has 4 nitrogen and oxygen atoms in total. The molecular formula is C17H10F2N2O2S. The first-order valence-corrected chi connectivity index (χ1v) is 7.91. The van der Waals surface area contributed by atoms with Crippen molar-refractivity contribution in [2.75, 3.05) is 0 Å². The molecule has 0 unspecified atom stereocenters. The Labute approximate surface area is 138 Å². The molecule has 0 aliphatic carbocycles. The van der Waals surface area contributed by atoms with Crippen LogP contribution in [0.4, 0.5) is 8.78 Å². The molecule has 0 aliphatic rings. The number of benzene rings is 2. The average Bonchev–Trinajstić information content (AvgIpc) is 3.06. The lowest BCUT2D eigenvalue weighted by Gasteiger charge is -2.06. The predicted octanol–water partition coefficient (Wildman–Crippen LogP) is 3.06. The summed E-state index contributed by atoms with van der Waals surface area (Å²) in [6.07, 6.45) is 1.55. The van der Waals surface area contributed by atoms with Gasteiger partial charge in [0.15, 0.2) is 4.96 Å². The van der Waals surface area contributed by atoms with Crippen molar-refractivity contribution in [3.05, 3.63) is 69.0 Å². The van der Waals surface area contributed by atoms with Gasteiger partial charge in [0, 0.05) is 5.56 Å². The number of aromatic nitrogens is 2. The van der Waals surface area contributed by atoms with Gasteiger partial charge in [-0.05, 0) is 24.3 Å². The molecule has 24 heavy (non-hydrogen) atoms. The number of ether oxygens (including phenoxy) is 1. The highest BCUT2D eigenvalue weighted by Gasteiger charge is 2.12. The molecule has 0 saturated heterocycles. The fourth-order valence-electron chi connectivity index (χ4n) is 2.56. The highest BCUT2D eigenvalue weighted by molar-refractivity contribution is 7.15. The van der Waals surface area contributed by atoms with Crippen LogP contribution < -0.4 is 14.8 Å². The molecule has 0 N–H and O–H groups in total. The number of thiazole rings is 1. The Hall–Kier alpha value is -2.80. The van der Waals surface area contributed by atoms with Crippen LogP contribution in [-0.2, 0) is 0 Å². The topological polar surface area (TPSA) is 43.6 Å². The van der Waals surface area contributed by atoms with Crippen molar-refractivity contribution in [1.29, 1.82) is 0 Å². The van der Waals surface area contributed by atoms with Crippen LogP contribution in [0.25, 0.3) is 22.1 Å². The molecule has 0 amide bonds. The second-order valence-electron chi connectivity index (χ2n) is 5.05. The van der Waals surface area contributed by atoms with E-state index in [0.717, 1.165) is 11.0 Å². The molecule has 0 spiro atoms. The Bertz CT molecular complexity index is 1150. The van der Waals surface area contributed by atoms with Gasteiger partial charge in [-0.15, -0.1) is 0 Å². The van der Waals surface area contributed by atoms with Crippen LogP contribution in [0.5, 0.6) is 5.75 Å². The number of nitrogens with zero attached hydrogens (tertiary/aromatic N) is 2. The quantitative estimate of drug-likeness (QED) is 0.574. The maximum atomic E-state index is 12.7. The molecule has 4 aromatic rings. The first kappa shape index (κ1) is 14.8. The van der Waals surface area contributed by atoms with Crippen molar-refractivity contribution in [2.45, 2.75) is 6.61 Å². The van der Waals surface area contributed by atoms with Crippen LogP contribution in [0.3, 0.4) is 0 Å². The summed E-state index contributed by atoms with van der Waals surface area (Å²) in [6.45, 7) is -2.92. The van der Waals surface area contributed by atoms with Gasteiger partial charge >= 0.3 is 6.61 Å². The van der Waals surface area contributed by atoms with Gasteiger partial charge in [-0.25, -0.2) is 9.38 Å². The van der Waals surface area contributed by atoms with E-state index in [2.05, 4.69) is 9.72 Å². The summed E-state index contributed by atoms with van der Waals surface area (Å²) in [5, 5.41) is 0. The number of fused-ring (bicyclic) bond motifs is 3. The number of imidazole rings is 1. The first-order chi connectivity index (χ1) is 11.6. The van der Waals surface area contributed by atoms with Gasteiger partial charge < -0.3 is 4.74 Å². The van der Waals surface area contributed by atoms with Gasteiger partial charge in [-0.1, -0.05) is 41.7 Å². The van der Waals surface area contributed by atoms with E-state index in [9.17, 15) is 13.6 Å². The Balaban J connectivity index is 1.93. The van der Waals surface area contributed by atoms with E-state index in [4.69, 9.17) is 0 Å². The van der Waals surface area contributed by atoms with E-state index in [1.165, 1.54) is 21.8 Å². The molecule has 2 heterocycles. The summed E-state index contributed by atoms with van der Waals surface area (Å²) in [5.41, 5.74) is 1.67. The van der Waals surface area contributed by atoms with Crippen LogP contribution >= 0.6 is 11.3 Å². The van der Waals surface area contributed by atoms with Gasteiger partial charge in [0.05, 0.1) is 15.6 Å². The maximum Gasteiger partial charge on any atom is 0.387 e. The number of para-hydroxylation sites is 3. The Morgan fingerprint density at radius 3 is 2.71 bits per heavy atom. The van der Waals surface area contributed by atoms with Crippen LogP contribution in [0.15, 0.2) is 53.3 Å². The maximum absolute atomic E-state index is 12.7. The number of rotatable bonds is 3. The molecule has 0 radical (unpaired) electrons. The summed E-state index contributed by atoms with van der Waals surface area (Å²) in [7, 11) is 0.